The Labute approximate surface area is 217 Å². The fourth-order valence-corrected chi connectivity index (χ4v) is 5.11. The Hall–Kier alpha value is -4.00. The van der Waals surface area contributed by atoms with Gasteiger partial charge in [0, 0.05) is 29.3 Å². The molecule has 37 heavy (non-hydrogen) atoms. The van der Waals surface area contributed by atoms with Crippen LogP contribution in [0.2, 0.25) is 0 Å². The van der Waals surface area contributed by atoms with Crippen molar-refractivity contribution in [2.24, 2.45) is 0 Å². The lowest BCUT2D eigenvalue weighted by molar-refractivity contribution is -0.138. The molecule has 1 aliphatic carbocycles. The van der Waals surface area contributed by atoms with E-state index in [9.17, 15) is 9.59 Å². The molecule has 0 unspecified atom stereocenters. The number of methoxy groups -OCH3 is 2. The number of ketones is 1. The summed E-state index contributed by atoms with van der Waals surface area (Å²) >= 11 is 0. The molecule has 1 N–H and O–H groups in total. The fourth-order valence-electron chi connectivity index (χ4n) is 5.11. The first-order chi connectivity index (χ1) is 17.9. The maximum atomic E-state index is 13.8. The number of hydrogen-bond donors (Lipinski definition) is 1. The molecular formula is C30H33NO6. The zero-order valence-electron chi connectivity index (χ0n) is 21.8. The number of benzene rings is 2. The van der Waals surface area contributed by atoms with Crippen LogP contribution in [0.15, 0.2) is 77.7 Å². The summed E-state index contributed by atoms with van der Waals surface area (Å²) < 4.78 is 22.0. The summed E-state index contributed by atoms with van der Waals surface area (Å²) in [5.74, 6) is 0.837. The number of dihydropyridines is 1. The lowest BCUT2D eigenvalue weighted by atomic mass is 9.71. The van der Waals surface area contributed by atoms with E-state index in [4.69, 9.17) is 18.9 Å². The summed E-state index contributed by atoms with van der Waals surface area (Å²) in [6, 6.07) is 13.3. The molecule has 7 heteroatoms. The van der Waals surface area contributed by atoms with E-state index >= 15 is 0 Å². The van der Waals surface area contributed by atoms with E-state index in [2.05, 4.69) is 11.9 Å². The van der Waals surface area contributed by atoms with Crippen LogP contribution in [-0.4, -0.2) is 39.2 Å². The third kappa shape index (κ3) is 5.26. The number of nitrogens with one attached hydrogen (secondary N) is 1. The van der Waals surface area contributed by atoms with Crippen molar-refractivity contribution in [2.75, 3.05) is 27.4 Å². The molecule has 0 saturated carbocycles. The molecule has 194 valence electrons. The van der Waals surface area contributed by atoms with Crippen molar-refractivity contribution in [1.82, 2.24) is 5.32 Å². The van der Waals surface area contributed by atoms with Gasteiger partial charge in [0.25, 0.3) is 0 Å². The van der Waals surface area contributed by atoms with Gasteiger partial charge in [-0.05, 0) is 61.6 Å². The van der Waals surface area contributed by atoms with E-state index in [0.717, 1.165) is 22.6 Å². The van der Waals surface area contributed by atoms with Crippen molar-refractivity contribution in [2.45, 2.75) is 38.5 Å². The Morgan fingerprint density at radius 1 is 1.05 bits per heavy atom. The highest BCUT2D eigenvalue weighted by atomic mass is 16.5. The lowest BCUT2D eigenvalue weighted by Crippen LogP contribution is -2.36. The Morgan fingerprint density at radius 2 is 1.78 bits per heavy atom. The highest BCUT2D eigenvalue weighted by Gasteiger charge is 2.41. The van der Waals surface area contributed by atoms with Crippen molar-refractivity contribution in [3.05, 3.63) is 88.8 Å². The van der Waals surface area contributed by atoms with E-state index in [1.165, 1.54) is 6.08 Å². The molecule has 0 amide bonds. The average molecular weight is 504 g/mol. The standard InChI is InChI=1S/C30H33NO6/c1-6-14-37-30(33)27-18(3)31-23-15-21(19-8-11-22(34-4)12-9-19)16-24(32)29(23)28(27)20-10-13-25(36-7-2)26(17-20)35-5/h6,8-13,17,21,28,31H,1,7,14-16H2,2-5H3/t21-,28-/m1/s1. The van der Waals surface area contributed by atoms with Crippen LogP contribution in [0, 0.1) is 0 Å². The lowest BCUT2D eigenvalue weighted by Gasteiger charge is -2.36. The molecule has 1 aliphatic heterocycles. The quantitative estimate of drug-likeness (QED) is 0.372. The number of ether oxygens (including phenoxy) is 4. The van der Waals surface area contributed by atoms with Crippen LogP contribution in [0.25, 0.3) is 0 Å². The summed E-state index contributed by atoms with van der Waals surface area (Å²) in [7, 11) is 3.20. The van der Waals surface area contributed by atoms with Gasteiger partial charge in [0.2, 0.25) is 0 Å². The third-order valence-electron chi connectivity index (χ3n) is 6.79. The molecular weight excluding hydrogens is 470 g/mol. The van der Waals surface area contributed by atoms with Gasteiger partial charge in [0.15, 0.2) is 17.3 Å². The minimum Gasteiger partial charge on any atom is -0.497 e. The zero-order chi connectivity index (χ0) is 26.5. The second-order valence-electron chi connectivity index (χ2n) is 9.02. The van der Waals surface area contributed by atoms with Crippen molar-refractivity contribution < 1.29 is 28.5 Å². The number of Topliss-reactive ketones (excluding diaryl/α,β-unsaturated/α-hetero) is 1. The first-order valence-electron chi connectivity index (χ1n) is 12.4. The van der Waals surface area contributed by atoms with E-state index < -0.39 is 11.9 Å². The molecule has 2 atom stereocenters. The van der Waals surface area contributed by atoms with Crippen LogP contribution < -0.4 is 19.5 Å². The summed E-state index contributed by atoms with van der Waals surface area (Å²) in [5.41, 5.74) is 4.31. The maximum Gasteiger partial charge on any atom is 0.337 e. The van der Waals surface area contributed by atoms with Gasteiger partial charge in [-0.15, -0.1) is 0 Å². The van der Waals surface area contributed by atoms with Crippen molar-refractivity contribution in [3.63, 3.8) is 0 Å². The molecule has 2 aliphatic rings. The van der Waals surface area contributed by atoms with E-state index in [0.29, 0.717) is 47.8 Å². The summed E-state index contributed by atoms with van der Waals surface area (Å²) in [4.78, 5) is 27.0. The molecule has 0 spiro atoms. The number of carbonyl (C=O) groups excluding carboxylic acids is 2. The highest BCUT2D eigenvalue weighted by Crippen LogP contribution is 2.47. The highest BCUT2D eigenvalue weighted by molar-refractivity contribution is 6.04. The van der Waals surface area contributed by atoms with Gasteiger partial charge in [0.05, 0.1) is 26.4 Å². The van der Waals surface area contributed by atoms with Gasteiger partial charge < -0.3 is 24.3 Å². The molecule has 2 aromatic carbocycles. The second-order valence-corrected chi connectivity index (χ2v) is 9.02. The monoisotopic (exact) mass is 503 g/mol. The van der Waals surface area contributed by atoms with Gasteiger partial charge in [-0.25, -0.2) is 4.79 Å². The van der Waals surface area contributed by atoms with Gasteiger partial charge in [-0.1, -0.05) is 30.9 Å². The van der Waals surface area contributed by atoms with E-state index in [-0.39, 0.29) is 18.3 Å². The SMILES string of the molecule is C=CCOC(=O)C1=C(C)NC2=C(C(=O)C[C@H](c3ccc(OC)cc3)C2)[C@@H]1c1ccc(OCC)c(OC)c1. The smallest absolute Gasteiger partial charge is 0.337 e. The fraction of sp³-hybridized carbons (Fsp3) is 0.333. The minimum atomic E-state index is -0.595. The molecule has 7 nitrogen and oxygen atoms in total. The van der Waals surface area contributed by atoms with E-state index in [1.807, 2.05) is 56.3 Å². The van der Waals surface area contributed by atoms with Crippen LogP contribution in [0.3, 0.4) is 0 Å². The number of carbonyl (C=O) groups is 2. The second kappa shape index (κ2) is 11.4. The maximum absolute atomic E-state index is 13.8. The van der Waals surface area contributed by atoms with Gasteiger partial charge in [0.1, 0.15) is 12.4 Å². The Morgan fingerprint density at radius 3 is 2.43 bits per heavy atom. The first-order valence-corrected chi connectivity index (χ1v) is 12.4. The largest absolute Gasteiger partial charge is 0.497 e. The predicted octanol–water partition coefficient (Wildman–Crippen LogP) is 5.19. The number of hydrogen-bond acceptors (Lipinski definition) is 7. The molecule has 0 saturated heterocycles. The van der Waals surface area contributed by atoms with Crippen molar-refractivity contribution in [3.8, 4) is 17.2 Å². The first kappa shape index (κ1) is 26.1. The van der Waals surface area contributed by atoms with Gasteiger partial charge in [-0.2, -0.15) is 0 Å². The number of allylic oxidation sites excluding steroid dienone is 3. The molecule has 0 aromatic heterocycles. The molecule has 0 bridgehead atoms. The van der Waals surface area contributed by atoms with Crippen molar-refractivity contribution in [1.29, 1.82) is 0 Å². The molecule has 0 fully saturated rings. The van der Waals surface area contributed by atoms with Crippen molar-refractivity contribution >= 4 is 11.8 Å². The predicted molar refractivity (Wildman–Crippen MR) is 141 cm³/mol. The van der Waals surface area contributed by atoms with Crippen LogP contribution in [0.5, 0.6) is 17.2 Å². The molecule has 2 aromatic rings. The number of esters is 1. The van der Waals surface area contributed by atoms with Gasteiger partial charge in [-0.3, -0.25) is 4.79 Å². The molecule has 1 heterocycles. The third-order valence-corrected chi connectivity index (χ3v) is 6.79. The minimum absolute atomic E-state index is 0.00561. The summed E-state index contributed by atoms with van der Waals surface area (Å²) in [6.07, 6.45) is 2.50. The molecule has 0 radical (unpaired) electrons. The zero-order valence-corrected chi connectivity index (χ0v) is 21.8. The Bertz CT molecular complexity index is 1260. The molecule has 4 rings (SSSR count). The Balaban J connectivity index is 1.79. The summed E-state index contributed by atoms with van der Waals surface area (Å²) in [6.45, 7) is 7.95. The average Bonchev–Trinajstić information content (AvgIpc) is 2.91. The normalized spacial score (nSPS) is 19.1. The summed E-state index contributed by atoms with van der Waals surface area (Å²) in [5, 5.41) is 3.37. The van der Waals surface area contributed by atoms with E-state index in [1.54, 1.807) is 14.2 Å². The Kier molecular flexibility index (Phi) is 8.01. The van der Waals surface area contributed by atoms with Crippen LogP contribution in [-0.2, 0) is 14.3 Å². The van der Waals surface area contributed by atoms with Crippen LogP contribution in [0.4, 0.5) is 0 Å². The van der Waals surface area contributed by atoms with Crippen LogP contribution >= 0.6 is 0 Å². The van der Waals surface area contributed by atoms with Crippen LogP contribution in [0.1, 0.15) is 49.7 Å². The van der Waals surface area contributed by atoms with Gasteiger partial charge >= 0.3 is 5.97 Å². The number of rotatable bonds is 9. The topological polar surface area (TPSA) is 83.1 Å².